The third-order valence-corrected chi connectivity index (χ3v) is 2.40. The predicted molar refractivity (Wildman–Crippen MR) is 68.0 cm³/mol. The van der Waals surface area contributed by atoms with E-state index in [0.717, 1.165) is 0 Å². The van der Waals surface area contributed by atoms with Crippen LogP contribution in [-0.4, -0.2) is 32.9 Å². The Morgan fingerprint density at radius 2 is 2.12 bits per heavy atom. The van der Waals surface area contributed by atoms with Gasteiger partial charge >= 0.3 is 0 Å². The van der Waals surface area contributed by atoms with Crippen molar-refractivity contribution < 1.29 is 4.79 Å². The van der Waals surface area contributed by atoms with Gasteiger partial charge in [-0.05, 0) is 20.8 Å². The summed E-state index contributed by atoms with van der Waals surface area (Å²) in [7, 11) is 0. The monoisotopic (exact) mass is 253 g/mol. The topological polar surface area (TPSA) is 46.1 Å². The Morgan fingerprint density at radius 3 is 2.53 bits per heavy atom. The number of hydrogen-bond donors (Lipinski definition) is 0. The number of halogens is 1. The lowest BCUT2D eigenvalue weighted by Gasteiger charge is -2.34. The largest absolute Gasteiger partial charge is 0.329 e. The smallest absolute Gasteiger partial charge is 0.274 e. The highest BCUT2D eigenvalue weighted by Crippen LogP contribution is 2.16. The molecule has 0 saturated heterocycles. The molecule has 0 radical (unpaired) electrons. The van der Waals surface area contributed by atoms with Crippen LogP contribution >= 0.6 is 11.6 Å². The van der Waals surface area contributed by atoms with Crippen molar-refractivity contribution in [1.82, 2.24) is 14.9 Å². The fourth-order valence-electron chi connectivity index (χ4n) is 1.35. The van der Waals surface area contributed by atoms with Crippen LogP contribution in [0.5, 0.6) is 0 Å². The summed E-state index contributed by atoms with van der Waals surface area (Å²) >= 11 is 5.63. The molecule has 1 aromatic rings. The van der Waals surface area contributed by atoms with Crippen LogP contribution in [0.25, 0.3) is 0 Å². The highest BCUT2D eigenvalue weighted by atomic mass is 35.5. The first-order valence-corrected chi connectivity index (χ1v) is 5.64. The van der Waals surface area contributed by atoms with Gasteiger partial charge < -0.3 is 4.90 Å². The molecule has 1 amide bonds. The molecule has 4 nitrogen and oxygen atoms in total. The summed E-state index contributed by atoms with van der Waals surface area (Å²) < 4.78 is 0. The molecule has 0 aromatic carbocycles. The third-order valence-electron chi connectivity index (χ3n) is 2.21. The van der Waals surface area contributed by atoms with Crippen LogP contribution in [0.4, 0.5) is 0 Å². The zero-order chi connectivity index (χ0) is 13.1. The molecule has 0 fully saturated rings. The van der Waals surface area contributed by atoms with Gasteiger partial charge in [-0.1, -0.05) is 17.7 Å². The number of hydrogen-bond acceptors (Lipinski definition) is 3. The van der Waals surface area contributed by atoms with Crippen molar-refractivity contribution in [1.29, 1.82) is 0 Å². The lowest BCUT2D eigenvalue weighted by molar-refractivity contribution is 0.0610. The number of carbonyl (C=O) groups excluding carboxylic acids is 1. The minimum Gasteiger partial charge on any atom is -0.329 e. The molecule has 0 aliphatic heterocycles. The minimum absolute atomic E-state index is 0.179. The van der Waals surface area contributed by atoms with E-state index in [0.29, 0.717) is 6.54 Å². The van der Waals surface area contributed by atoms with E-state index in [-0.39, 0.29) is 22.3 Å². The predicted octanol–water partition coefficient (Wildman–Crippen LogP) is 2.56. The normalized spacial score (nSPS) is 11.1. The van der Waals surface area contributed by atoms with Crippen LogP contribution in [0.15, 0.2) is 25.0 Å². The third kappa shape index (κ3) is 3.53. The zero-order valence-corrected chi connectivity index (χ0v) is 11.0. The van der Waals surface area contributed by atoms with E-state index in [9.17, 15) is 4.79 Å². The van der Waals surface area contributed by atoms with Gasteiger partial charge in [-0.25, -0.2) is 9.97 Å². The van der Waals surface area contributed by atoms with Crippen molar-refractivity contribution in [3.05, 3.63) is 35.9 Å². The SMILES string of the molecule is C=CCN(C(=O)c1cnc(Cl)cn1)C(C)(C)C. The van der Waals surface area contributed by atoms with Crippen LogP contribution in [-0.2, 0) is 0 Å². The zero-order valence-electron chi connectivity index (χ0n) is 10.3. The Kier molecular flexibility index (Phi) is 4.23. The average molecular weight is 254 g/mol. The van der Waals surface area contributed by atoms with E-state index in [1.54, 1.807) is 11.0 Å². The summed E-state index contributed by atoms with van der Waals surface area (Å²) in [5.74, 6) is -0.179. The molecule has 17 heavy (non-hydrogen) atoms. The van der Waals surface area contributed by atoms with Crippen molar-refractivity contribution in [2.45, 2.75) is 26.3 Å². The molecule has 0 aliphatic carbocycles. The highest BCUT2D eigenvalue weighted by Gasteiger charge is 2.27. The van der Waals surface area contributed by atoms with E-state index in [2.05, 4.69) is 16.5 Å². The minimum atomic E-state index is -0.299. The van der Waals surface area contributed by atoms with Gasteiger partial charge in [0.05, 0.1) is 12.4 Å². The number of aromatic nitrogens is 2. The molecule has 0 atom stereocenters. The van der Waals surface area contributed by atoms with Crippen molar-refractivity contribution in [3.8, 4) is 0 Å². The van der Waals surface area contributed by atoms with Crippen LogP contribution in [0.2, 0.25) is 5.15 Å². The van der Waals surface area contributed by atoms with E-state index >= 15 is 0 Å². The first-order valence-electron chi connectivity index (χ1n) is 5.26. The summed E-state index contributed by atoms with van der Waals surface area (Å²) in [6, 6.07) is 0. The Morgan fingerprint density at radius 1 is 1.47 bits per heavy atom. The maximum absolute atomic E-state index is 12.2. The van der Waals surface area contributed by atoms with Crippen molar-refractivity contribution >= 4 is 17.5 Å². The number of carbonyl (C=O) groups is 1. The summed E-state index contributed by atoms with van der Waals surface area (Å²) in [5, 5.41) is 0.271. The van der Waals surface area contributed by atoms with Gasteiger partial charge in [-0.3, -0.25) is 4.79 Å². The van der Waals surface area contributed by atoms with Crippen LogP contribution in [0, 0.1) is 0 Å². The van der Waals surface area contributed by atoms with Crippen LogP contribution < -0.4 is 0 Å². The van der Waals surface area contributed by atoms with Crippen LogP contribution in [0.3, 0.4) is 0 Å². The van der Waals surface area contributed by atoms with E-state index < -0.39 is 0 Å². The number of rotatable bonds is 3. The van der Waals surface area contributed by atoms with Crippen molar-refractivity contribution in [2.24, 2.45) is 0 Å². The lowest BCUT2D eigenvalue weighted by atomic mass is 10.1. The molecular formula is C12H16ClN3O. The van der Waals surface area contributed by atoms with E-state index in [1.165, 1.54) is 12.4 Å². The lowest BCUT2D eigenvalue weighted by Crippen LogP contribution is -2.46. The molecule has 5 heteroatoms. The second kappa shape index (κ2) is 5.27. The molecule has 1 aromatic heterocycles. The molecule has 0 unspecified atom stereocenters. The molecule has 0 N–H and O–H groups in total. The van der Waals surface area contributed by atoms with Crippen LogP contribution in [0.1, 0.15) is 31.3 Å². The fourth-order valence-corrected chi connectivity index (χ4v) is 1.45. The average Bonchev–Trinajstić information content (AvgIpc) is 2.24. The van der Waals surface area contributed by atoms with Gasteiger partial charge in [0.2, 0.25) is 0 Å². The molecule has 0 bridgehead atoms. The Hall–Kier alpha value is -1.42. The second-order valence-electron chi connectivity index (χ2n) is 4.60. The quantitative estimate of drug-likeness (QED) is 0.778. The summed E-state index contributed by atoms with van der Waals surface area (Å²) in [6.45, 7) is 9.99. The molecule has 0 spiro atoms. The highest BCUT2D eigenvalue weighted by molar-refractivity contribution is 6.29. The van der Waals surface area contributed by atoms with Gasteiger partial charge in [0.1, 0.15) is 10.8 Å². The number of amides is 1. The summed E-state index contributed by atoms with van der Waals surface area (Å²) in [4.78, 5) is 21.7. The standard InChI is InChI=1S/C12H16ClN3O/c1-5-6-16(12(2,3)4)11(17)9-7-15-10(13)8-14-9/h5,7-8H,1,6H2,2-4H3. The van der Waals surface area contributed by atoms with Crippen molar-refractivity contribution in [3.63, 3.8) is 0 Å². The van der Waals surface area contributed by atoms with Gasteiger partial charge in [-0.15, -0.1) is 6.58 Å². The second-order valence-corrected chi connectivity index (χ2v) is 4.99. The summed E-state index contributed by atoms with van der Waals surface area (Å²) in [5.41, 5.74) is -0.0155. The Bertz CT molecular complexity index is 409. The molecule has 0 aliphatic rings. The van der Waals surface area contributed by atoms with Gasteiger partial charge in [-0.2, -0.15) is 0 Å². The van der Waals surface area contributed by atoms with E-state index in [1.807, 2.05) is 20.8 Å². The Balaban J connectivity index is 3.00. The fraction of sp³-hybridized carbons (Fsp3) is 0.417. The molecule has 1 rings (SSSR count). The number of nitrogens with zero attached hydrogens (tertiary/aromatic N) is 3. The maximum atomic E-state index is 12.2. The Labute approximate surface area is 106 Å². The first kappa shape index (κ1) is 13.6. The molecular weight excluding hydrogens is 238 g/mol. The van der Waals surface area contributed by atoms with Crippen molar-refractivity contribution in [2.75, 3.05) is 6.54 Å². The van der Waals surface area contributed by atoms with E-state index in [4.69, 9.17) is 11.6 Å². The van der Waals surface area contributed by atoms with Gasteiger partial charge in [0.25, 0.3) is 5.91 Å². The molecule has 92 valence electrons. The van der Waals surface area contributed by atoms with Gasteiger partial charge in [0, 0.05) is 12.1 Å². The maximum Gasteiger partial charge on any atom is 0.274 e. The summed E-state index contributed by atoms with van der Waals surface area (Å²) in [6.07, 6.45) is 4.43. The first-order chi connectivity index (χ1) is 7.86. The molecule has 0 saturated carbocycles. The van der Waals surface area contributed by atoms with Gasteiger partial charge in [0.15, 0.2) is 0 Å². The molecule has 1 heterocycles.